The minimum atomic E-state index is 0.881. The summed E-state index contributed by atoms with van der Waals surface area (Å²) in [5.41, 5.74) is 1.02. The number of nitrogens with zero attached hydrogens (tertiary/aromatic N) is 2. The van der Waals surface area contributed by atoms with Gasteiger partial charge in [-0.25, -0.2) is 0 Å². The van der Waals surface area contributed by atoms with Gasteiger partial charge in [0, 0.05) is 6.07 Å². The molecule has 0 aliphatic rings. The normalized spacial score (nSPS) is 12.0. The van der Waals surface area contributed by atoms with Crippen molar-refractivity contribution < 1.29 is 9.01 Å². The van der Waals surface area contributed by atoms with Gasteiger partial charge < -0.3 is 9.01 Å². The molecule has 1 rings (SSSR count). The van der Waals surface area contributed by atoms with E-state index in [1.54, 1.807) is 0 Å². The second-order valence-corrected chi connectivity index (χ2v) is 3.88. The summed E-state index contributed by atoms with van der Waals surface area (Å²) in [5, 5.41) is 3.91. The van der Waals surface area contributed by atoms with E-state index in [0.717, 1.165) is 22.5 Å². The van der Waals surface area contributed by atoms with Gasteiger partial charge in [-0.2, -0.15) is 0 Å². The van der Waals surface area contributed by atoms with Crippen LogP contribution in [0.1, 0.15) is 11.5 Å². The maximum absolute atomic E-state index is 4.95. The fourth-order valence-corrected chi connectivity index (χ4v) is 0.978. The average Bonchev–Trinajstić information content (AvgIpc) is 2.10. The average molecular weight is 155 g/mol. The van der Waals surface area contributed by atoms with Crippen molar-refractivity contribution in [2.45, 2.75) is 13.5 Å². The van der Waals surface area contributed by atoms with Crippen molar-refractivity contribution >= 4 is 0 Å². The van der Waals surface area contributed by atoms with Gasteiger partial charge in [-0.05, 0) is 6.92 Å². The SMILES string of the molecule is Cc1cc(C[N+](C)(C)C)no1. The first-order valence-corrected chi connectivity index (χ1v) is 3.70. The van der Waals surface area contributed by atoms with E-state index < -0.39 is 0 Å². The zero-order valence-corrected chi connectivity index (χ0v) is 7.59. The molecule has 0 amide bonds. The fourth-order valence-electron chi connectivity index (χ4n) is 0.978. The van der Waals surface area contributed by atoms with Crippen LogP contribution in [0, 0.1) is 6.92 Å². The molecule has 1 heterocycles. The third-order valence-electron chi connectivity index (χ3n) is 1.31. The van der Waals surface area contributed by atoms with Crippen LogP contribution < -0.4 is 0 Å². The minimum absolute atomic E-state index is 0.881. The van der Waals surface area contributed by atoms with E-state index >= 15 is 0 Å². The maximum atomic E-state index is 4.95. The Morgan fingerprint density at radius 3 is 2.45 bits per heavy atom. The summed E-state index contributed by atoms with van der Waals surface area (Å²) in [7, 11) is 6.39. The molecular formula is C8H15N2O+. The molecule has 62 valence electrons. The summed E-state index contributed by atoms with van der Waals surface area (Å²) in [6, 6.07) is 1.98. The predicted molar refractivity (Wildman–Crippen MR) is 43.0 cm³/mol. The van der Waals surface area contributed by atoms with E-state index in [2.05, 4.69) is 26.3 Å². The molecule has 0 saturated carbocycles. The highest BCUT2D eigenvalue weighted by Crippen LogP contribution is 2.06. The number of hydrogen-bond acceptors (Lipinski definition) is 2. The summed E-state index contributed by atoms with van der Waals surface area (Å²) in [6.07, 6.45) is 0. The van der Waals surface area contributed by atoms with Gasteiger partial charge in [0.1, 0.15) is 18.0 Å². The van der Waals surface area contributed by atoms with E-state index in [-0.39, 0.29) is 0 Å². The Labute approximate surface area is 67.2 Å². The van der Waals surface area contributed by atoms with E-state index in [0.29, 0.717) is 0 Å². The lowest BCUT2D eigenvalue weighted by Crippen LogP contribution is -2.33. The first-order valence-electron chi connectivity index (χ1n) is 3.70. The van der Waals surface area contributed by atoms with Crippen molar-refractivity contribution in [3.8, 4) is 0 Å². The van der Waals surface area contributed by atoms with Crippen molar-refractivity contribution in [3.05, 3.63) is 17.5 Å². The highest BCUT2D eigenvalue weighted by atomic mass is 16.5. The summed E-state index contributed by atoms with van der Waals surface area (Å²) in [4.78, 5) is 0. The highest BCUT2D eigenvalue weighted by Gasteiger charge is 2.11. The van der Waals surface area contributed by atoms with Crippen LogP contribution in [-0.2, 0) is 6.54 Å². The minimum Gasteiger partial charge on any atom is -0.361 e. The Morgan fingerprint density at radius 1 is 1.45 bits per heavy atom. The van der Waals surface area contributed by atoms with Crippen molar-refractivity contribution in [1.82, 2.24) is 5.16 Å². The van der Waals surface area contributed by atoms with E-state index in [9.17, 15) is 0 Å². The second-order valence-electron chi connectivity index (χ2n) is 3.88. The van der Waals surface area contributed by atoms with Gasteiger partial charge in [-0.15, -0.1) is 0 Å². The van der Waals surface area contributed by atoms with Crippen LogP contribution in [0.3, 0.4) is 0 Å². The van der Waals surface area contributed by atoms with Gasteiger partial charge in [0.05, 0.1) is 21.1 Å². The molecule has 0 saturated heterocycles. The van der Waals surface area contributed by atoms with Crippen LogP contribution in [0.25, 0.3) is 0 Å². The molecule has 3 heteroatoms. The molecule has 3 nitrogen and oxygen atoms in total. The van der Waals surface area contributed by atoms with E-state index in [1.807, 2.05) is 13.0 Å². The third kappa shape index (κ3) is 2.72. The third-order valence-corrected chi connectivity index (χ3v) is 1.31. The van der Waals surface area contributed by atoms with Gasteiger partial charge in [-0.3, -0.25) is 0 Å². The van der Waals surface area contributed by atoms with Crippen LogP contribution in [0.5, 0.6) is 0 Å². The van der Waals surface area contributed by atoms with Crippen LogP contribution >= 0.6 is 0 Å². The zero-order chi connectivity index (χ0) is 8.48. The summed E-state index contributed by atoms with van der Waals surface area (Å²) < 4.78 is 5.83. The second kappa shape index (κ2) is 2.66. The van der Waals surface area contributed by atoms with Gasteiger partial charge in [0.25, 0.3) is 0 Å². The number of aryl methyl sites for hydroxylation is 1. The fraction of sp³-hybridized carbons (Fsp3) is 0.625. The number of rotatable bonds is 2. The lowest BCUT2D eigenvalue weighted by atomic mass is 10.3. The molecule has 0 bridgehead atoms. The molecule has 0 aromatic carbocycles. The number of hydrogen-bond donors (Lipinski definition) is 0. The van der Waals surface area contributed by atoms with Crippen LogP contribution in [0.2, 0.25) is 0 Å². The molecule has 1 aromatic rings. The van der Waals surface area contributed by atoms with Crippen molar-refractivity contribution in [3.63, 3.8) is 0 Å². The van der Waals surface area contributed by atoms with Crippen LogP contribution in [0.4, 0.5) is 0 Å². The van der Waals surface area contributed by atoms with Gasteiger partial charge in [-0.1, -0.05) is 5.16 Å². The van der Waals surface area contributed by atoms with Crippen LogP contribution in [0.15, 0.2) is 10.6 Å². The molecule has 0 atom stereocenters. The Kier molecular flexibility index (Phi) is 2.00. The van der Waals surface area contributed by atoms with E-state index in [1.165, 1.54) is 0 Å². The van der Waals surface area contributed by atoms with Crippen molar-refractivity contribution in [2.24, 2.45) is 0 Å². The molecule has 1 aromatic heterocycles. The first kappa shape index (κ1) is 8.27. The molecule has 11 heavy (non-hydrogen) atoms. The van der Waals surface area contributed by atoms with Gasteiger partial charge in [0.15, 0.2) is 0 Å². The maximum Gasteiger partial charge on any atom is 0.138 e. The molecule has 0 unspecified atom stereocenters. The molecule has 0 spiro atoms. The Balaban J connectivity index is 2.65. The molecule has 0 radical (unpaired) electrons. The Morgan fingerprint density at radius 2 is 2.09 bits per heavy atom. The summed E-state index contributed by atoms with van der Waals surface area (Å²) >= 11 is 0. The van der Waals surface area contributed by atoms with Crippen molar-refractivity contribution in [2.75, 3.05) is 21.1 Å². The Bertz CT molecular complexity index is 234. The molecule has 0 aliphatic heterocycles. The van der Waals surface area contributed by atoms with E-state index in [4.69, 9.17) is 4.52 Å². The molecule has 0 N–H and O–H groups in total. The first-order chi connectivity index (χ1) is 4.97. The van der Waals surface area contributed by atoms with Gasteiger partial charge >= 0.3 is 0 Å². The number of quaternary nitrogens is 1. The summed E-state index contributed by atoms with van der Waals surface area (Å²) in [5.74, 6) is 0.883. The molecular weight excluding hydrogens is 140 g/mol. The monoisotopic (exact) mass is 155 g/mol. The lowest BCUT2D eigenvalue weighted by molar-refractivity contribution is -0.884. The highest BCUT2D eigenvalue weighted by molar-refractivity contribution is 5.01. The van der Waals surface area contributed by atoms with Crippen LogP contribution in [-0.4, -0.2) is 30.8 Å². The summed E-state index contributed by atoms with van der Waals surface area (Å²) in [6.45, 7) is 2.82. The standard InChI is InChI=1S/C8H15N2O/c1-7-5-8(9-11-7)6-10(2,3)4/h5H,6H2,1-4H3/q+1. The Hall–Kier alpha value is -0.830. The zero-order valence-electron chi connectivity index (χ0n) is 7.59. The largest absolute Gasteiger partial charge is 0.361 e. The smallest absolute Gasteiger partial charge is 0.138 e. The lowest BCUT2D eigenvalue weighted by Gasteiger charge is -2.21. The topological polar surface area (TPSA) is 26.0 Å². The van der Waals surface area contributed by atoms with Gasteiger partial charge in [0.2, 0.25) is 0 Å². The molecule has 0 aliphatic carbocycles. The molecule has 0 fully saturated rings. The quantitative estimate of drug-likeness (QED) is 0.599. The predicted octanol–water partition coefficient (Wildman–Crippen LogP) is 1.19. The number of aromatic nitrogens is 1. The van der Waals surface area contributed by atoms with Crippen molar-refractivity contribution in [1.29, 1.82) is 0 Å².